The van der Waals surface area contributed by atoms with Crippen molar-refractivity contribution in [2.45, 2.75) is 27.2 Å². The standard InChI is InChI=1S/C12H18O2/c1-7-9-5-10(14-4)8(11(7)13)6-12(9,2)3/h5,7-9H,6H2,1-4H3. The van der Waals surface area contributed by atoms with Gasteiger partial charge in [-0.25, -0.2) is 0 Å². The number of allylic oxidation sites excluding steroid dienone is 2. The summed E-state index contributed by atoms with van der Waals surface area (Å²) in [6, 6.07) is 0. The third-order valence-corrected chi connectivity index (χ3v) is 3.89. The van der Waals surface area contributed by atoms with Gasteiger partial charge in [0.15, 0.2) is 0 Å². The molecule has 3 unspecified atom stereocenters. The molecule has 2 heteroatoms. The van der Waals surface area contributed by atoms with E-state index in [9.17, 15) is 4.79 Å². The first-order chi connectivity index (χ1) is 6.47. The van der Waals surface area contributed by atoms with Gasteiger partial charge in [0.25, 0.3) is 0 Å². The second kappa shape index (κ2) is 2.85. The average Bonchev–Trinajstić information content (AvgIpc) is 2.12. The van der Waals surface area contributed by atoms with Crippen LogP contribution in [0.2, 0.25) is 0 Å². The molecule has 14 heavy (non-hydrogen) atoms. The Kier molecular flexibility index (Phi) is 1.98. The Hall–Kier alpha value is -0.790. The second-order valence-corrected chi connectivity index (χ2v) is 5.24. The third-order valence-electron chi connectivity index (χ3n) is 3.89. The minimum atomic E-state index is 0.0231. The van der Waals surface area contributed by atoms with E-state index in [1.807, 2.05) is 6.92 Å². The van der Waals surface area contributed by atoms with E-state index in [-0.39, 0.29) is 17.3 Å². The van der Waals surface area contributed by atoms with Crippen molar-refractivity contribution in [3.8, 4) is 0 Å². The van der Waals surface area contributed by atoms with Crippen LogP contribution in [-0.2, 0) is 9.53 Å². The highest BCUT2D eigenvalue weighted by Gasteiger charge is 2.50. The predicted molar refractivity (Wildman–Crippen MR) is 54.6 cm³/mol. The zero-order valence-electron chi connectivity index (χ0n) is 9.33. The molecule has 2 nitrogen and oxygen atoms in total. The Labute approximate surface area is 85.3 Å². The predicted octanol–water partition coefficient (Wildman–Crippen LogP) is 2.40. The fourth-order valence-electron chi connectivity index (χ4n) is 3.05. The largest absolute Gasteiger partial charge is 0.501 e. The van der Waals surface area contributed by atoms with Crippen molar-refractivity contribution in [1.29, 1.82) is 0 Å². The Morgan fingerprint density at radius 2 is 2.14 bits per heavy atom. The Morgan fingerprint density at radius 3 is 2.71 bits per heavy atom. The quantitative estimate of drug-likeness (QED) is 0.640. The van der Waals surface area contributed by atoms with Crippen LogP contribution in [0.5, 0.6) is 0 Å². The van der Waals surface area contributed by atoms with E-state index in [1.54, 1.807) is 7.11 Å². The summed E-state index contributed by atoms with van der Waals surface area (Å²) in [5, 5.41) is 0. The molecule has 3 aliphatic carbocycles. The summed E-state index contributed by atoms with van der Waals surface area (Å²) in [5.74, 6) is 1.82. The molecule has 0 radical (unpaired) electrons. The van der Waals surface area contributed by atoms with E-state index >= 15 is 0 Å². The zero-order valence-corrected chi connectivity index (χ0v) is 9.33. The maximum atomic E-state index is 11.9. The van der Waals surface area contributed by atoms with Gasteiger partial charge >= 0.3 is 0 Å². The van der Waals surface area contributed by atoms with Crippen LogP contribution < -0.4 is 0 Å². The number of hydrogen-bond donors (Lipinski definition) is 0. The van der Waals surface area contributed by atoms with Gasteiger partial charge in [-0.1, -0.05) is 20.8 Å². The zero-order chi connectivity index (χ0) is 10.5. The molecule has 1 fully saturated rings. The van der Waals surface area contributed by atoms with E-state index < -0.39 is 0 Å². The molecule has 3 aliphatic rings. The van der Waals surface area contributed by atoms with Crippen LogP contribution in [0.1, 0.15) is 27.2 Å². The molecule has 3 atom stereocenters. The smallest absolute Gasteiger partial charge is 0.146 e. The normalized spacial score (nSPS) is 39.6. The van der Waals surface area contributed by atoms with Crippen molar-refractivity contribution in [3.05, 3.63) is 11.8 Å². The fourth-order valence-corrected chi connectivity index (χ4v) is 3.05. The van der Waals surface area contributed by atoms with Crippen LogP contribution in [-0.4, -0.2) is 12.9 Å². The lowest BCUT2D eigenvalue weighted by atomic mass is 9.56. The van der Waals surface area contributed by atoms with Crippen molar-refractivity contribution in [2.75, 3.05) is 7.11 Å². The first-order valence-electron chi connectivity index (χ1n) is 5.27. The van der Waals surface area contributed by atoms with Crippen LogP contribution in [0.15, 0.2) is 11.8 Å². The molecule has 0 aromatic rings. The Morgan fingerprint density at radius 1 is 1.50 bits per heavy atom. The molecule has 1 saturated carbocycles. The highest BCUT2D eigenvalue weighted by atomic mass is 16.5. The lowest BCUT2D eigenvalue weighted by Crippen LogP contribution is -2.48. The molecule has 0 N–H and O–H groups in total. The second-order valence-electron chi connectivity index (χ2n) is 5.24. The first kappa shape index (κ1) is 9.75. The van der Waals surface area contributed by atoms with Crippen molar-refractivity contribution in [3.63, 3.8) is 0 Å². The van der Waals surface area contributed by atoms with Crippen molar-refractivity contribution in [2.24, 2.45) is 23.2 Å². The molecule has 0 aromatic heterocycles. The number of rotatable bonds is 1. The van der Waals surface area contributed by atoms with Crippen LogP contribution in [0, 0.1) is 23.2 Å². The highest BCUT2D eigenvalue weighted by Crippen LogP contribution is 2.52. The number of ether oxygens (including phenoxy) is 1. The van der Waals surface area contributed by atoms with Gasteiger partial charge in [0.1, 0.15) is 11.5 Å². The highest BCUT2D eigenvalue weighted by molar-refractivity contribution is 5.88. The number of fused-ring (bicyclic) bond motifs is 2. The van der Waals surface area contributed by atoms with Gasteiger partial charge in [0, 0.05) is 5.92 Å². The SMILES string of the molecule is COC1=CC2C(C)C(=O)C1CC2(C)C. The summed E-state index contributed by atoms with van der Waals surface area (Å²) in [6.07, 6.45) is 3.11. The fraction of sp³-hybridized carbons (Fsp3) is 0.750. The average molecular weight is 194 g/mol. The number of hydrogen-bond acceptors (Lipinski definition) is 2. The molecule has 2 bridgehead atoms. The molecule has 3 rings (SSSR count). The molecule has 0 heterocycles. The molecular formula is C12H18O2. The molecule has 0 spiro atoms. The number of carbonyl (C=O) groups is 1. The van der Waals surface area contributed by atoms with Crippen molar-refractivity contribution in [1.82, 2.24) is 0 Å². The van der Waals surface area contributed by atoms with E-state index in [0.29, 0.717) is 11.7 Å². The summed E-state index contributed by atoms with van der Waals surface area (Å²) in [5.41, 5.74) is 0.250. The van der Waals surface area contributed by atoms with Crippen molar-refractivity contribution >= 4 is 5.78 Å². The van der Waals surface area contributed by atoms with E-state index in [1.165, 1.54) is 0 Å². The summed E-state index contributed by atoms with van der Waals surface area (Å²) >= 11 is 0. The van der Waals surface area contributed by atoms with Crippen LogP contribution >= 0.6 is 0 Å². The summed E-state index contributed by atoms with van der Waals surface area (Å²) in [4.78, 5) is 11.9. The van der Waals surface area contributed by atoms with Gasteiger partial charge in [-0.15, -0.1) is 0 Å². The van der Waals surface area contributed by atoms with E-state index in [4.69, 9.17) is 4.74 Å². The summed E-state index contributed by atoms with van der Waals surface area (Å²) in [7, 11) is 1.66. The Bertz CT molecular complexity index is 301. The molecule has 78 valence electrons. The van der Waals surface area contributed by atoms with Crippen molar-refractivity contribution < 1.29 is 9.53 Å². The number of ketones is 1. The molecule has 0 aliphatic heterocycles. The molecule has 0 aromatic carbocycles. The topological polar surface area (TPSA) is 26.3 Å². The minimum Gasteiger partial charge on any atom is -0.501 e. The van der Waals surface area contributed by atoms with Crippen LogP contribution in [0.25, 0.3) is 0 Å². The monoisotopic (exact) mass is 194 g/mol. The van der Waals surface area contributed by atoms with E-state index in [2.05, 4.69) is 19.9 Å². The van der Waals surface area contributed by atoms with Gasteiger partial charge in [0.2, 0.25) is 0 Å². The van der Waals surface area contributed by atoms with Gasteiger partial charge in [-0.05, 0) is 23.8 Å². The molecule has 0 saturated heterocycles. The maximum absolute atomic E-state index is 11.9. The van der Waals surface area contributed by atoms with Crippen LogP contribution in [0.3, 0.4) is 0 Å². The summed E-state index contributed by atoms with van der Waals surface area (Å²) in [6.45, 7) is 6.54. The molecular weight excluding hydrogens is 176 g/mol. The molecule has 0 amide bonds. The number of carbonyl (C=O) groups excluding carboxylic acids is 1. The van der Waals surface area contributed by atoms with Crippen LogP contribution in [0.4, 0.5) is 0 Å². The van der Waals surface area contributed by atoms with Gasteiger partial charge < -0.3 is 4.74 Å². The summed E-state index contributed by atoms with van der Waals surface area (Å²) < 4.78 is 5.28. The van der Waals surface area contributed by atoms with Gasteiger partial charge in [-0.3, -0.25) is 4.79 Å². The minimum absolute atomic E-state index is 0.0231. The third kappa shape index (κ3) is 1.13. The lowest BCUT2D eigenvalue weighted by molar-refractivity contribution is -0.136. The maximum Gasteiger partial charge on any atom is 0.146 e. The van der Waals surface area contributed by atoms with E-state index in [0.717, 1.165) is 12.2 Å². The lowest BCUT2D eigenvalue weighted by Gasteiger charge is -2.48. The van der Waals surface area contributed by atoms with Gasteiger partial charge in [0.05, 0.1) is 13.0 Å². The Balaban J connectivity index is 2.43. The number of methoxy groups -OCH3 is 1. The number of Topliss-reactive ketones (excluding diaryl/α,β-unsaturated/α-hetero) is 1. The van der Waals surface area contributed by atoms with Gasteiger partial charge in [-0.2, -0.15) is 0 Å². The first-order valence-corrected chi connectivity index (χ1v) is 5.27.